The van der Waals surface area contributed by atoms with E-state index in [4.69, 9.17) is 14.2 Å². The number of carbonyl (C=O) groups is 5. The largest absolute Gasteiger partial charge is 0.462 e. The average molecular weight is 721 g/mol. The van der Waals surface area contributed by atoms with Gasteiger partial charge in [-0.25, -0.2) is 9.59 Å². The second kappa shape index (κ2) is 19.0. The quantitative estimate of drug-likeness (QED) is 0.116. The molecule has 3 aliphatic rings. The standard InChI is InChI=1S/C40H64O11/c1-22(2)34(48-35(45)21-32(44)36-28(8)38(46)49-39(36)47)20-30(42)19-31(43)24(4)11-10-12-26(6)37-27(7)16-18-40(51-37)17-15-25(5)33(50-40)14-13-23(3)29(9)41/h22-27,30,32-34,37,42,44H,10-21H2,1-9H3/t23-,24+,25?,26-,27+,30-,32-,33+,34+,37?,40+/m1/s1. The molecule has 51 heavy (non-hydrogen) atoms. The normalized spacial score (nSPS) is 29.0. The second-order valence-electron chi connectivity index (χ2n) is 16.3. The van der Waals surface area contributed by atoms with Crippen LogP contribution in [0.2, 0.25) is 0 Å². The topological polar surface area (TPSA) is 163 Å². The highest BCUT2D eigenvalue weighted by Gasteiger charge is 2.47. The van der Waals surface area contributed by atoms with Crippen molar-refractivity contribution in [3.63, 3.8) is 0 Å². The molecule has 2 N–H and O–H groups in total. The number of esters is 3. The van der Waals surface area contributed by atoms with E-state index in [9.17, 15) is 34.2 Å². The maximum Gasteiger partial charge on any atom is 0.345 e. The molecule has 0 radical (unpaired) electrons. The Hall–Kier alpha value is -2.47. The van der Waals surface area contributed by atoms with E-state index < -0.39 is 48.4 Å². The minimum Gasteiger partial charge on any atom is -0.462 e. The minimum absolute atomic E-state index is 0.0365. The van der Waals surface area contributed by atoms with Gasteiger partial charge in [0.1, 0.15) is 17.7 Å². The summed E-state index contributed by atoms with van der Waals surface area (Å²) in [5.74, 6) is -2.31. The van der Waals surface area contributed by atoms with E-state index in [1.165, 1.54) is 6.92 Å². The molecule has 11 heteroatoms. The van der Waals surface area contributed by atoms with Crippen molar-refractivity contribution in [2.75, 3.05) is 0 Å². The minimum atomic E-state index is -1.55. The zero-order valence-electron chi connectivity index (χ0n) is 32.4. The van der Waals surface area contributed by atoms with E-state index in [1.54, 1.807) is 6.92 Å². The highest BCUT2D eigenvalue weighted by molar-refractivity contribution is 6.12. The predicted molar refractivity (Wildman–Crippen MR) is 190 cm³/mol. The van der Waals surface area contributed by atoms with Crippen LogP contribution in [0.3, 0.4) is 0 Å². The lowest BCUT2D eigenvalue weighted by Crippen LogP contribution is -2.53. The van der Waals surface area contributed by atoms with Gasteiger partial charge in [0.25, 0.3) is 0 Å². The van der Waals surface area contributed by atoms with Crippen molar-refractivity contribution >= 4 is 29.5 Å². The van der Waals surface area contributed by atoms with Gasteiger partial charge in [0.15, 0.2) is 5.79 Å². The van der Waals surface area contributed by atoms with Gasteiger partial charge in [-0.3, -0.25) is 14.4 Å². The molecule has 3 heterocycles. The molecule has 2 unspecified atom stereocenters. The number of Topliss-reactive ketones (excluding diaryl/α,β-unsaturated/α-hetero) is 2. The summed E-state index contributed by atoms with van der Waals surface area (Å²) in [5, 5.41) is 21.2. The Balaban J connectivity index is 1.44. The molecule has 11 atom stereocenters. The van der Waals surface area contributed by atoms with Gasteiger partial charge in [0.05, 0.1) is 36.4 Å². The first-order valence-electron chi connectivity index (χ1n) is 19.3. The molecule has 0 aromatic carbocycles. The summed E-state index contributed by atoms with van der Waals surface area (Å²) in [6.45, 7) is 17.2. The summed E-state index contributed by atoms with van der Waals surface area (Å²) in [4.78, 5) is 61.0. The molecule has 0 amide bonds. The molecule has 1 spiro atoms. The van der Waals surface area contributed by atoms with E-state index in [-0.39, 0.29) is 71.4 Å². The first kappa shape index (κ1) is 42.9. The molecule has 0 aromatic rings. The van der Waals surface area contributed by atoms with Gasteiger partial charge in [-0.1, -0.05) is 54.9 Å². The number of hydrogen-bond donors (Lipinski definition) is 2. The van der Waals surface area contributed by atoms with Crippen molar-refractivity contribution < 1.29 is 53.1 Å². The maximum absolute atomic E-state index is 13.1. The van der Waals surface area contributed by atoms with Crippen LogP contribution in [0.25, 0.3) is 0 Å². The summed E-state index contributed by atoms with van der Waals surface area (Å²) in [6.07, 6.45) is 4.26. The summed E-state index contributed by atoms with van der Waals surface area (Å²) >= 11 is 0. The SMILES string of the molecule is CC(=O)[C@H](C)CC[C@@H]1O[C@]2(CCC1C)CC[C@H](C)C([C@H](C)CCC[C@H](C)C(=O)C[C@@H](O)C[C@H](OC(=O)C[C@@H](O)C1=C(C)C(=O)OC1=O)C(C)C)O2. The molecular weight excluding hydrogens is 656 g/mol. The van der Waals surface area contributed by atoms with Crippen molar-refractivity contribution in [2.45, 2.75) is 176 Å². The molecule has 0 aliphatic carbocycles. The maximum atomic E-state index is 13.1. The van der Waals surface area contributed by atoms with Gasteiger partial charge in [0.2, 0.25) is 0 Å². The van der Waals surface area contributed by atoms with Crippen LogP contribution in [0.1, 0.15) is 139 Å². The first-order valence-corrected chi connectivity index (χ1v) is 19.3. The fourth-order valence-electron chi connectivity index (χ4n) is 7.68. The molecule has 290 valence electrons. The van der Waals surface area contributed by atoms with E-state index in [0.717, 1.165) is 51.4 Å². The van der Waals surface area contributed by atoms with Crippen molar-refractivity contribution in [3.8, 4) is 0 Å². The molecule has 3 aliphatic heterocycles. The van der Waals surface area contributed by atoms with Crippen LogP contribution in [-0.2, 0) is 42.9 Å². The highest BCUT2D eigenvalue weighted by Crippen LogP contribution is 2.45. The Morgan fingerprint density at radius 1 is 0.882 bits per heavy atom. The molecule has 0 aromatic heterocycles. The van der Waals surface area contributed by atoms with Gasteiger partial charge in [-0.15, -0.1) is 0 Å². The van der Waals surface area contributed by atoms with Crippen LogP contribution < -0.4 is 0 Å². The number of cyclic esters (lactones) is 2. The van der Waals surface area contributed by atoms with Gasteiger partial charge in [-0.05, 0) is 76.0 Å². The third-order valence-corrected chi connectivity index (χ3v) is 11.6. The molecule has 11 nitrogen and oxygen atoms in total. The van der Waals surface area contributed by atoms with Gasteiger partial charge < -0.3 is 29.2 Å². The third-order valence-electron chi connectivity index (χ3n) is 11.6. The van der Waals surface area contributed by atoms with Crippen molar-refractivity contribution in [3.05, 3.63) is 11.1 Å². The van der Waals surface area contributed by atoms with E-state index >= 15 is 0 Å². The smallest absolute Gasteiger partial charge is 0.345 e. The van der Waals surface area contributed by atoms with Gasteiger partial charge in [0, 0.05) is 43.1 Å². The van der Waals surface area contributed by atoms with Crippen LogP contribution in [0, 0.1) is 35.5 Å². The number of ether oxygens (including phenoxy) is 4. The van der Waals surface area contributed by atoms with Gasteiger partial charge >= 0.3 is 17.9 Å². The van der Waals surface area contributed by atoms with E-state index in [0.29, 0.717) is 18.3 Å². The molecule has 3 rings (SSSR count). The lowest BCUT2D eigenvalue weighted by atomic mass is 9.79. The van der Waals surface area contributed by atoms with Crippen molar-refractivity contribution in [1.29, 1.82) is 0 Å². The molecule has 2 fully saturated rings. The van der Waals surface area contributed by atoms with Gasteiger partial charge in [-0.2, -0.15) is 0 Å². The van der Waals surface area contributed by atoms with Crippen LogP contribution >= 0.6 is 0 Å². The number of aliphatic hydroxyl groups is 2. The molecule has 2 saturated heterocycles. The average Bonchev–Trinajstić information content (AvgIpc) is 3.31. The van der Waals surface area contributed by atoms with Crippen LogP contribution in [0.5, 0.6) is 0 Å². The molecular formula is C40H64O11. The number of aliphatic hydroxyl groups excluding tert-OH is 2. The molecule has 0 saturated carbocycles. The second-order valence-corrected chi connectivity index (χ2v) is 16.3. The number of rotatable bonds is 19. The number of carbonyl (C=O) groups excluding carboxylic acids is 5. The summed E-state index contributed by atoms with van der Waals surface area (Å²) < 4.78 is 23.6. The van der Waals surface area contributed by atoms with E-state index in [2.05, 4.69) is 25.5 Å². The fraction of sp³-hybridized carbons (Fsp3) is 0.825. The van der Waals surface area contributed by atoms with Crippen LogP contribution in [0.15, 0.2) is 11.1 Å². The molecule has 0 bridgehead atoms. The predicted octanol–water partition coefficient (Wildman–Crippen LogP) is 6.19. The van der Waals surface area contributed by atoms with Crippen LogP contribution in [0.4, 0.5) is 0 Å². The van der Waals surface area contributed by atoms with E-state index in [1.807, 2.05) is 27.7 Å². The lowest BCUT2D eigenvalue weighted by molar-refractivity contribution is -0.338. The Bertz CT molecular complexity index is 1270. The summed E-state index contributed by atoms with van der Waals surface area (Å²) in [5.41, 5.74) is -0.305. The van der Waals surface area contributed by atoms with Crippen LogP contribution in [-0.4, -0.2) is 76.0 Å². The van der Waals surface area contributed by atoms with Crippen molar-refractivity contribution in [2.24, 2.45) is 35.5 Å². The van der Waals surface area contributed by atoms with Crippen molar-refractivity contribution in [1.82, 2.24) is 0 Å². The zero-order valence-corrected chi connectivity index (χ0v) is 32.4. The Labute approximate surface area is 304 Å². The zero-order chi connectivity index (χ0) is 38.2. The lowest BCUT2D eigenvalue weighted by Gasteiger charge is -2.51. The number of hydrogen-bond acceptors (Lipinski definition) is 11. The highest BCUT2D eigenvalue weighted by atomic mass is 16.7. The summed E-state index contributed by atoms with van der Waals surface area (Å²) in [7, 11) is 0. The fourth-order valence-corrected chi connectivity index (χ4v) is 7.68. The first-order chi connectivity index (χ1) is 23.8. The third kappa shape index (κ3) is 12.0. The monoisotopic (exact) mass is 720 g/mol. The Morgan fingerprint density at radius 3 is 2.12 bits per heavy atom. The Morgan fingerprint density at radius 2 is 1.53 bits per heavy atom. The summed E-state index contributed by atoms with van der Waals surface area (Å²) in [6, 6.07) is 0. The Kier molecular flexibility index (Phi) is 16.0. The number of ketones is 2.